The molecule has 34 heavy (non-hydrogen) atoms. The van der Waals surface area contributed by atoms with E-state index in [0.29, 0.717) is 29.5 Å². The van der Waals surface area contributed by atoms with Gasteiger partial charge in [-0.3, -0.25) is 9.59 Å². The number of aromatic nitrogens is 3. The Morgan fingerprint density at radius 3 is 2.91 bits per heavy atom. The van der Waals surface area contributed by atoms with Gasteiger partial charge >= 0.3 is 0 Å². The van der Waals surface area contributed by atoms with Gasteiger partial charge in [0.1, 0.15) is 16.5 Å². The van der Waals surface area contributed by atoms with Crippen LogP contribution in [-0.4, -0.2) is 52.1 Å². The second-order valence-corrected chi connectivity index (χ2v) is 9.58. The van der Waals surface area contributed by atoms with E-state index in [9.17, 15) is 9.59 Å². The monoisotopic (exact) mass is 495 g/mol. The van der Waals surface area contributed by atoms with E-state index in [1.807, 2.05) is 29.2 Å². The van der Waals surface area contributed by atoms with Gasteiger partial charge in [0, 0.05) is 46.7 Å². The minimum absolute atomic E-state index is 0.0346. The molecule has 2 amide bonds. The first-order valence-electron chi connectivity index (χ1n) is 10.9. The lowest BCUT2D eigenvalue weighted by Crippen LogP contribution is -2.39. The molecule has 174 valence electrons. The maximum Gasteiger partial charge on any atom is 0.286 e. The average Bonchev–Trinajstić information content (AvgIpc) is 3.51. The number of benzene rings is 2. The number of H-pyrrole nitrogens is 1. The highest BCUT2D eigenvalue weighted by atomic mass is 35.5. The Bertz CT molecular complexity index is 1370. The normalized spacial score (nSPS) is 15.9. The summed E-state index contributed by atoms with van der Waals surface area (Å²) in [6.45, 7) is 1.21. The highest BCUT2D eigenvalue weighted by Crippen LogP contribution is 2.31. The highest BCUT2D eigenvalue weighted by molar-refractivity contribution is 7.13. The number of aromatic amines is 1. The van der Waals surface area contributed by atoms with Crippen LogP contribution in [0.3, 0.4) is 0 Å². The lowest BCUT2D eigenvalue weighted by molar-refractivity contribution is 0.0701. The molecule has 0 saturated carbocycles. The Balaban J connectivity index is 1.28. The summed E-state index contributed by atoms with van der Waals surface area (Å²) in [5.74, 6) is 0.386. The van der Waals surface area contributed by atoms with Crippen LogP contribution in [0.5, 0.6) is 5.75 Å². The number of nitrogens with zero attached hydrogens (tertiary/aromatic N) is 3. The number of rotatable bonds is 5. The van der Waals surface area contributed by atoms with Gasteiger partial charge in [-0.1, -0.05) is 29.0 Å². The molecule has 3 heterocycles. The molecule has 1 aliphatic rings. The molecule has 2 aromatic heterocycles. The van der Waals surface area contributed by atoms with Crippen molar-refractivity contribution in [3.63, 3.8) is 0 Å². The van der Waals surface area contributed by atoms with E-state index < -0.39 is 0 Å². The van der Waals surface area contributed by atoms with Crippen LogP contribution in [0.2, 0.25) is 5.02 Å². The fraction of sp³-hybridized carbons (Fsp3) is 0.250. The molecular formula is C24H22ClN5O3S. The Labute approximate surface area is 204 Å². The Morgan fingerprint density at radius 2 is 2.09 bits per heavy atom. The fourth-order valence-corrected chi connectivity index (χ4v) is 5.18. The van der Waals surface area contributed by atoms with Crippen molar-refractivity contribution in [1.82, 2.24) is 20.1 Å². The highest BCUT2D eigenvalue weighted by Gasteiger charge is 2.29. The Kier molecular flexibility index (Phi) is 6.21. The third kappa shape index (κ3) is 4.62. The smallest absolute Gasteiger partial charge is 0.286 e. The molecule has 2 aromatic carbocycles. The predicted molar refractivity (Wildman–Crippen MR) is 132 cm³/mol. The third-order valence-corrected chi connectivity index (χ3v) is 7.15. The lowest BCUT2D eigenvalue weighted by atomic mass is 9.98. The minimum Gasteiger partial charge on any atom is -0.497 e. The van der Waals surface area contributed by atoms with Crippen LogP contribution in [0.4, 0.5) is 5.69 Å². The molecule has 5 rings (SSSR count). The number of hydrogen-bond acceptors (Lipinski definition) is 6. The number of halogens is 1. The molecule has 0 aliphatic carbocycles. The van der Waals surface area contributed by atoms with Crippen LogP contribution in [0.25, 0.3) is 10.9 Å². The van der Waals surface area contributed by atoms with Crippen LogP contribution in [0.15, 0.2) is 48.5 Å². The van der Waals surface area contributed by atoms with Crippen LogP contribution < -0.4 is 10.1 Å². The van der Waals surface area contributed by atoms with Gasteiger partial charge in [-0.2, -0.15) is 0 Å². The second kappa shape index (κ2) is 9.44. The number of carbonyl (C=O) groups excluding carboxylic acids is 2. The molecule has 0 radical (unpaired) electrons. The van der Waals surface area contributed by atoms with Crippen molar-refractivity contribution in [2.45, 2.75) is 18.8 Å². The largest absolute Gasteiger partial charge is 0.497 e. The van der Waals surface area contributed by atoms with Gasteiger partial charge in [-0.05, 0) is 49.2 Å². The van der Waals surface area contributed by atoms with E-state index in [-0.39, 0.29) is 22.7 Å². The van der Waals surface area contributed by atoms with E-state index in [1.165, 1.54) is 11.3 Å². The Hall–Kier alpha value is -3.43. The van der Waals surface area contributed by atoms with Crippen molar-refractivity contribution in [2.24, 2.45) is 0 Å². The molecule has 4 aromatic rings. The number of fused-ring (bicyclic) bond motifs is 1. The molecule has 2 N–H and O–H groups in total. The molecule has 0 bridgehead atoms. The number of carbonyl (C=O) groups is 2. The van der Waals surface area contributed by atoms with E-state index in [0.717, 1.165) is 34.5 Å². The number of ether oxygens (including phenoxy) is 1. The molecule has 1 saturated heterocycles. The van der Waals surface area contributed by atoms with Crippen LogP contribution in [-0.2, 0) is 0 Å². The zero-order chi connectivity index (χ0) is 23.7. The first-order chi connectivity index (χ1) is 16.5. The molecule has 1 atom stereocenters. The molecule has 0 spiro atoms. The number of nitrogens with one attached hydrogen (secondary N) is 2. The molecule has 1 unspecified atom stereocenters. The molecule has 1 aliphatic heterocycles. The van der Waals surface area contributed by atoms with Crippen molar-refractivity contribution in [1.29, 1.82) is 0 Å². The van der Waals surface area contributed by atoms with Gasteiger partial charge in [0.05, 0.1) is 7.11 Å². The first-order valence-corrected chi connectivity index (χ1v) is 12.1. The maximum atomic E-state index is 13.2. The number of anilines is 1. The van der Waals surface area contributed by atoms with Gasteiger partial charge in [0.15, 0.2) is 0 Å². The Morgan fingerprint density at radius 1 is 1.21 bits per heavy atom. The van der Waals surface area contributed by atoms with Crippen molar-refractivity contribution in [3.8, 4) is 5.75 Å². The number of piperidine rings is 1. The van der Waals surface area contributed by atoms with Crippen LogP contribution >= 0.6 is 22.9 Å². The summed E-state index contributed by atoms with van der Waals surface area (Å²) < 4.78 is 5.27. The van der Waals surface area contributed by atoms with E-state index >= 15 is 0 Å². The maximum absolute atomic E-state index is 13.2. The summed E-state index contributed by atoms with van der Waals surface area (Å²) in [4.78, 5) is 30.8. The standard InChI is InChI=1S/C24H22ClN5O3S/c1-33-18-8-7-14-10-20(27-19(14)12-18)24(32)30-9-3-4-15(13-30)22-28-29-23(34-22)21(31)26-17-6-2-5-16(25)11-17/h2,5-8,10-12,15,27H,3-4,9,13H2,1H3,(H,26,31). The summed E-state index contributed by atoms with van der Waals surface area (Å²) in [6, 6.07) is 14.5. The molecule has 10 heteroatoms. The zero-order valence-electron chi connectivity index (χ0n) is 18.4. The summed E-state index contributed by atoms with van der Waals surface area (Å²) in [5.41, 5.74) is 2.00. The SMILES string of the molecule is COc1ccc2cc(C(=O)N3CCCC(c4nnc(C(=O)Nc5cccc(Cl)c5)s4)C3)[nH]c2c1. The second-order valence-electron chi connectivity index (χ2n) is 8.14. The van der Waals surface area contributed by atoms with Gasteiger partial charge in [0.25, 0.3) is 11.8 Å². The predicted octanol–water partition coefficient (Wildman–Crippen LogP) is 4.95. The van der Waals surface area contributed by atoms with Crippen molar-refractivity contribution in [3.05, 3.63) is 69.3 Å². The summed E-state index contributed by atoms with van der Waals surface area (Å²) in [7, 11) is 1.61. The van der Waals surface area contributed by atoms with E-state index in [4.69, 9.17) is 16.3 Å². The van der Waals surface area contributed by atoms with Gasteiger partial charge in [-0.15, -0.1) is 10.2 Å². The number of hydrogen-bond donors (Lipinski definition) is 2. The quantitative estimate of drug-likeness (QED) is 0.408. The summed E-state index contributed by atoms with van der Waals surface area (Å²) in [5, 5.41) is 13.7. The topological polar surface area (TPSA) is 100 Å². The average molecular weight is 496 g/mol. The number of likely N-dealkylation sites (tertiary alicyclic amines) is 1. The first kappa shape index (κ1) is 22.4. The summed E-state index contributed by atoms with van der Waals surface area (Å²) in [6.07, 6.45) is 1.74. The van der Waals surface area contributed by atoms with E-state index in [1.54, 1.807) is 31.4 Å². The molecule has 1 fully saturated rings. The molecule has 8 nitrogen and oxygen atoms in total. The molecular weight excluding hydrogens is 474 g/mol. The van der Waals surface area contributed by atoms with Gasteiger partial charge < -0.3 is 19.9 Å². The van der Waals surface area contributed by atoms with Crippen molar-refractivity contribution in [2.75, 3.05) is 25.5 Å². The third-order valence-electron chi connectivity index (χ3n) is 5.84. The zero-order valence-corrected chi connectivity index (χ0v) is 19.9. The van der Waals surface area contributed by atoms with Gasteiger partial charge in [-0.25, -0.2) is 0 Å². The van der Waals surface area contributed by atoms with Crippen LogP contribution in [0, 0.1) is 0 Å². The van der Waals surface area contributed by atoms with Crippen molar-refractivity contribution >= 4 is 51.3 Å². The fourth-order valence-electron chi connectivity index (χ4n) is 4.12. The van der Waals surface area contributed by atoms with Gasteiger partial charge in [0.2, 0.25) is 5.01 Å². The number of methoxy groups -OCH3 is 1. The number of amides is 2. The van der Waals surface area contributed by atoms with E-state index in [2.05, 4.69) is 20.5 Å². The minimum atomic E-state index is -0.330. The lowest BCUT2D eigenvalue weighted by Gasteiger charge is -2.31. The van der Waals surface area contributed by atoms with Crippen LogP contribution in [0.1, 0.15) is 44.1 Å². The summed E-state index contributed by atoms with van der Waals surface area (Å²) >= 11 is 7.24. The van der Waals surface area contributed by atoms with Crippen molar-refractivity contribution < 1.29 is 14.3 Å².